The van der Waals surface area contributed by atoms with Gasteiger partial charge in [-0.05, 0) is 44.2 Å². The molecule has 0 atom stereocenters. The highest BCUT2D eigenvalue weighted by Gasteiger charge is 2.24. The lowest BCUT2D eigenvalue weighted by Crippen LogP contribution is -2.23. The van der Waals surface area contributed by atoms with Crippen LogP contribution in [0.1, 0.15) is 43.4 Å². The molecule has 0 spiro atoms. The third-order valence-corrected chi connectivity index (χ3v) is 4.92. The third-order valence-electron chi connectivity index (χ3n) is 4.92. The van der Waals surface area contributed by atoms with Crippen molar-refractivity contribution < 1.29 is 9.53 Å². The summed E-state index contributed by atoms with van der Waals surface area (Å²) in [6, 6.07) is 9.96. The Bertz CT molecular complexity index is 718. The van der Waals surface area contributed by atoms with Gasteiger partial charge in [-0.2, -0.15) is 5.10 Å². The Morgan fingerprint density at radius 1 is 1.17 bits per heavy atom. The van der Waals surface area contributed by atoms with E-state index in [1.165, 1.54) is 18.4 Å². The van der Waals surface area contributed by atoms with E-state index in [9.17, 15) is 4.79 Å². The van der Waals surface area contributed by atoms with E-state index in [0.717, 1.165) is 49.3 Å². The minimum absolute atomic E-state index is 0.0892. The zero-order valence-electron chi connectivity index (χ0n) is 13.8. The first kappa shape index (κ1) is 15.4. The number of amides is 1. The minimum atomic E-state index is -0.0892. The quantitative estimate of drug-likeness (QED) is 0.918. The van der Waals surface area contributed by atoms with Gasteiger partial charge >= 0.3 is 0 Å². The van der Waals surface area contributed by atoms with Crippen LogP contribution in [-0.4, -0.2) is 28.4 Å². The second-order valence-corrected chi connectivity index (χ2v) is 6.64. The van der Waals surface area contributed by atoms with Crippen LogP contribution in [0.3, 0.4) is 0 Å². The van der Waals surface area contributed by atoms with Crippen LogP contribution >= 0.6 is 0 Å². The summed E-state index contributed by atoms with van der Waals surface area (Å²) in [5.41, 5.74) is 3.25. The Hall–Kier alpha value is -2.14. The lowest BCUT2D eigenvalue weighted by molar-refractivity contribution is -0.122. The molecule has 4 rings (SSSR count). The van der Waals surface area contributed by atoms with Crippen LogP contribution in [0.5, 0.6) is 0 Å². The highest BCUT2D eigenvalue weighted by molar-refractivity contribution is 5.92. The van der Waals surface area contributed by atoms with E-state index in [4.69, 9.17) is 9.84 Å². The number of ether oxygens (including phenoxy) is 1. The summed E-state index contributed by atoms with van der Waals surface area (Å²) in [6.07, 6.45) is 7.88. The van der Waals surface area contributed by atoms with Crippen molar-refractivity contribution in [2.45, 2.75) is 51.0 Å². The Morgan fingerprint density at radius 3 is 2.75 bits per heavy atom. The molecule has 0 saturated heterocycles. The fourth-order valence-electron chi connectivity index (χ4n) is 3.69. The molecule has 0 bridgehead atoms. The van der Waals surface area contributed by atoms with Gasteiger partial charge in [-0.1, -0.05) is 31.0 Å². The summed E-state index contributed by atoms with van der Waals surface area (Å²) in [7, 11) is 0. The number of hydrogen-bond acceptors (Lipinski definition) is 3. The highest BCUT2D eigenvalue weighted by atomic mass is 16.5. The van der Waals surface area contributed by atoms with Crippen molar-refractivity contribution in [1.82, 2.24) is 9.78 Å². The topological polar surface area (TPSA) is 56.1 Å². The zero-order valence-corrected chi connectivity index (χ0v) is 13.8. The molecule has 0 aliphatic heterocycles. The lowest BCUT2D eigenvalue weighted by Gasteiger charge is -2.13. The molecule has 0 unspecified atom stereocenters. The van der Waals surface area contributed by atoms with Crippen molar-refractivity contribution in [3.05, 3.63) is 41.6 Å². The largest absolute Gasteiger partial charge is 0.368 e. The van der Waals surface area contributed by atoms with Gasteiger partial charge in [-0.3, -0.25) is 4.79 Å². The predicted octanol–water partition coefficient (Wildman–Crippen LogP) is 3.26. The van der Waals surface area contributed by atoms with E-state index < -0.39 is 0 Å². The molecule has 2 aliphatic rings. The molecule has 1 heterocycles. The van der Waals surface area contributed by atoms with Gasteiger partial charge in [0.05, 0.1) is 17.5 Å². The standard InChI is InChI=1S/C19H23N3O2/c23-18(13-24-15-9-4-5-10-15)20-19-16-11-6-12-17(16)21-22(19)14-7-2-1-3-8-14/h1-3,7-8,15H,4-6,9-13H2,(H,20,23). The molecule has 1 N–H and O–H groups in total. The molecule has 1 aromatic carbocycles. The number of nitrogens with one attached hydrogen (secondary N) is 1. The summed E-state index contributed by atoms with van der Waals surface area (Å²) >= 11 is 0. The van der Waals surface area contributed by atoms with Crippen LogP contribution < -0.4 is 5.32 Å². The molecule has 1 aromatic heterocycles. The van der Waals surface area contributed by atoms with Gasteiger partial charge in [0.15, 0.2) is 0 Å². The average Bonchev–Trinajstić information content (AvgIpc) is 3.33. The fraction of sp³-hybridized carbons (Fsp3) is 0.474. The molecule has 1 amide bonds. The molecular formula is C19H23N3O2. The lowest BCUT2D eigenvalue weighted by atomic mass is 10.2. The first-order valence-corrected chi connectivity index (χ1v) is 8.89. The van der Waals surface area contributed by atoms with Crippen LogP contribution in [0.15, 0.2) is 30.3 Å². The molecule has 24 heavy (non-hydrogen) atoms. The average molecular weight is 325 g/mol. The maximum atomic E-state index is 12.4. The number of rotatable bonds is 5. The van der Waals surface area contributed by atoms with Gasteiger partial charge < -0.3 is 10.1 Å². The maximum Gasteiger partial charge on any atom is 0.251 e. The van der Waals surface area contributed by atoms with Crippen molar-refractivity contribution >= 4 is 11.7 Å². The number of aryl methyl sites for hydroxylation is 1. The summed E-state index contributed by atoms with van der Waals surface area (Å²) < 4.78 is 7.60. The van der Waals surface area contributed by atoms with E-state index in [1.807, 2.05) is 35.0 Å². The molecule has 2 aliphatic carbocycles. The van der Waals surface area contributed by atoms with Crippen LogP contribution in [0, 0.1) is 0 Å². The Morgan fingerprint density at radius 2 is 1.96 bits per heavy atom. The summed E-state index contributed by atoms with van der Waals surface area (Å²) in [5, 5.41) is 7.76. The number of benzene rings is 1. The Balaban J connectivity index is 1.52. The van der Waals surface area contributed by atoms with Crippen molar-refractivity contribution in [3.8, 4) is 5.69 Å². The SMILES string of the molecule is O=C(COC1CCCC1)Nc1c2c(nn1-c1ccccc1)CCC2. The Kier molecular flexibility index (Phi) is 4.34. The van der Waals surface area contributed by atoms with Gasteiger partial charge in [-0.15, -0.1) is 0 Å². The van der Waals surface area contributed by atoms with E-state index >= 15 is 0 Å². The number of fused-ring (bicyclic) bond motifs is 1. The monoisotopic (exact) mass is 325 g/mol. The minimum Gasteiger partial charge on any atom is -0.368 e. The van der Waals surface area contributed by atoms with Crippen LogP contribution in [0.2, 0.25) is 0 Å². The van der Waals surface area contributed by atoms with Crippen LogP contribution in [-0.2, 0) is 22.4 Å². The molecule has 0 radical (unpaired) electrons. The van der Waals surface area contributed by atoms with E-state index in [1.54, 1.807) is 0 Å². The third kappa shape index (κ3) is 3.08. The van der Waals surface area contributed by atoms with Crippen molar-refractivity contribution in [2.75, 3.05) is 11.9 Å². The van der Waals surface area contributed by atoms with Gasteiger partial charge in [0.25, 0.3) is 5.91 Å². The summed E-state index contributed by atoms with van der Waals surface area (Å²) in [6.45, 7) is 0.124. The molecule has 2 aromatic rings. The molecule has 5 heteroatoms. The van der Waals surface area contributed by atoms with E-state index in [2.05, 4.69) is 5.32 Å². The van der Waals surface area contributed by atoms with Crippen molar-refractivity contribution in [3.63, 3.8) is 0 Å². The second-order valence-electron chi connectivity index (χ2n) is 6.64. The molecule has 126 valence electrons. The number of anilines is 1. The maximum absolute atomic E-state index is 12.4. The first-order chi connectivity index (χ1) is 11.8. The summed E-state index contributed by atoms with van der Waals surface area (Å²) in [4.78, 5) is 12.4. The number of para-hydroxylation sites is 1. The van der Waals surface area contributed by atoms with Gasteiger partial charge in [-0.25, -0.2) is 4.68 Å². The van der Waals surface area contributed by atoms with Crippen molar-refractivity contribution in [1.29, 1.82) is 0 Å². The van der Waals surface area contributed by atoms with Gasteiger partial charge in [0, 0.05) is 5.56 Å². The number of nitrogens with zero attached hydrogens (tertiary/aromatic N) is 2. The molecule has 5 nitrogen and oxygen atoms in total. The highest BCUT2D eigenvalue weighted by Crippen LogP contribution is 2.31. The Labute approximate surface area is 142 Å². The smallest absolute Gasteiger partial charge is 0.251 e. The predicted molar refractivity (Wildman–Crippen MR) is 92.4 cm³/mol. The molecule has 1 saturated carbocycles. The van der Waals surface area contributed by atoms with Gasteiger partial charge in [0.1, 0.15) is 12.4 Å². The van der Waals surface area contributed by atoms with Crippen molar-refractivity contribution in [2.24, 2.45) is 0 Å². The molecule has 1 fully saturated rings. The van der Waals surface area contributed by atoms with E-state index in [0.29, 0.717) is 0 Å². The summed E-state index contributed by atoms with van der Waals surface area (Å²) in [5.74, 6) is 0.724. The fourth-order valence-corrected chi connectivity index (χ4v) is 3.69. The van der Waals surface area contributed by atoms with Crippen LogP contribution in [0.4, 0.5) is 5.82 Å². The number of carbonyl (C=O) groups is 1. The zero-order chi connectivity index (χ0) is 16.4. The number of aromatic nitrogens is 2. The molecular weight excluding hydrogens is 302 g/mol. The van der Waals surface area contributed by atoms with E-state index in [-0.39, 0.29) is 18.6 Å². The van der Waals surface area contributed by atoms with Gasteiger partial charge in [0.2, 0.25) is 0 Å². The number of carbonyl (C=O) groups excluding carboxylic acids is 1. The van der Waals surface area contributed by atoms with Crippen LogP contribution in [0.25, 0.3) is 5.69 Å². The first-order valence-electron chi connectivity index (χ1n) is 8.89. The number of hydrogen-bond donors (Lipinski definition) is 1. The second kappa shape index (κ2) is 6.77. The normalized spacial score (nSPS) is 17.2.